The van der Waals surface area contributed by atoms with Crippen LogP contribution in [0.1, 0.15) is 36.6 Å². The topological polar surface area (TPSA) is 59.6 Å². The Labute approximate surface area is 169 Å². The fraction of sp³-hybridized carbons (Fsp3) is 0.409. The van der Waals surface area contributed by atoms with Crippen LogP contribution in [0.15, 0.2) is 30.3 Å². The van der Waals surface area contributed by atoms with Crippen LogP contribution in [0.3, 0.4) is 0 Å². The molecule has 0 fully saturated rings. The number of nitrogens with one attached hydrogen (secondary N) is 2. The predicted molar refractivity (Wildman–Crippen MR) is 107 cm³/mol. The summed E-state index contributed by atoms with van der Waals surface area (Å²) in [5.41, 5.74) is 1.01. The zero-order chi connectivity index (χ0) is 21.2. The van der Waals surface area contributed by atoms with Crippen LogP contribution in [0.4, 0.5) is 14.5 Å². The number of halogens is 2. The van der Waals surface area contributed by atoms with Crippen molar-refractivity contribution in [3.8, 4) is 5.75 Å². The number of anilines is 1. The van der Waals surface area contributed by atoms with Gasteiger partial charge in [0.1, 0.15) is 23.4 Å². The van der Waals surface area contributed by atoms with E-state index in [2.05, 4.69) is 10.6 Å². The van der Waals surface area contributed by atoms with Crippen molar-refractivity contribution in [2.75, 3.05) is 32.7 Å². The summed E-state index contributed by atoms with van der Waals surface area (Å²) in [4.78, 5) is 12.8. The van der Waals surface area contributed by atoms with Crippen LogP contribution in [-0.2, 0) is 21.4 Å². The number of fused-ring (bicyclic) bond motifs is 1. The Balaban J connectivity index is 1.84. The van der Waals surface area contributed by atoms with E-state index in [-0.39, 0.29) is 23.8 Å². The molecule has 0 saturated carbocycles. The number of hydrogen-bond acceptors (Lipinski definition) is 4. The Kier molecular flexibility index (Phi) is 6.19. The number of carbonyl (C=O) groups excluding carboxylic acids is 1. The second-order valence-electron chi connectivity index (χ2n) is 7.82. The standard InChI is InChI=1S/C22H26F2N2O3/c1-22(2,12-28-3)19-17(23)10-14(11-18(19)24)26-21(27)20-16-6-5-15(29-4)9-13(16)7-8-25-20/h5-6,9-11,20,25H,7-8,12H2,1-4H3,(H,26,27). The molecule has 1 atom stereocenters. The highest BCUT2D eigenvalue weighted by Crippen LogP contribution is 2.32. The molecular formula is C22H26F2N2O3. The van der Waals surface area contributed by atoms with E-state index in [0.29, 0.717) is 6.54 Å². The van der Waals surface area contributed by atoms with Crippen molar-refractivity contribution in [3.63, 3.8) is 0 Å². The molecule has 0 bridgehead atoms. The van der Waals surface area contributed by atoms with Crippen LogP contribution in [0.2, 0.25) is 0 Å². The van der Waals surface area contributed by atoms with E-state index in [0.717, 1.165) is 35.4 Å². The molecule has 3 rings (SSSR count). The average Bonchev–Trinajstić information content (AvgIpc) is 2.66. The Morgan fingerprint density at radius 3 is 2.52 bits per heavy atom. The third-order valence-electron chi connectivity index (χ3n) is 5.16. The highest BCUT2D eigenvalue weighted by atomic mass is 19.1. The van der Waals surface area contributed by atoms with Crippen molar-refractivity contribution in [2.24, 2.45) is 0 Å². The second kappa shape index (κ2) is 8.47. The summed E-state index contributed by atoms with van der Waals surface area (Å²) in [6.45, 7) is 4.19. The lowest BCUT2D eigenvalue weighted by Crippen LogP contribution is -2.38. The van der Waals surface area contributed by atoms with Crippen LogP contribution in [0.5, 0.6) is 5.75 Å². The van der Waals surface area contributed by atoms with Crippen molar-refractivity contribution in [3.05, 3.63) is 58.7 Å². The van der Waals surface area contributed by atoms with Crippen molar-refractivity contribution in [1.82, 2.24) is 5.32 Å². The lowest BCUT2D eigenvalue weighted by atomic mass is 9.84. The van der Waals surface area contributed by atoms with Gasteiger partial charge >= 0.3 is 0 Å². The molecule has 1 aliphatic rings. The molecule has 2 N–H and O–H groups in total. The first-order valence-corrected chi connectivity index (χ1v) is 9.46. The summed E-state index contributed by atoms with van der Waals surface area (Å²) in [5.74, 6) is -1.09. The molecule has 7 heteroatoms. The number of rotatable bonds is 6. The minimum atomic E-state index is -0.839. The monoisotopic (exact) mass is 404 g/mol. The van der Waals surface area contributed by atoms with E-state index >= 15 is 0 Å². The van der Waals surface area contributed by atoms with Crippen molar-refractivity contribution in [2.45, 2.75) is 31.7 Å². The highest BCUT2D eigenvalue weighted by molar-refractivity contribution is 5.96. The molecule has 0 spiro atoms. The van der Waals surface area contributed by atoms with Gasteiger partial charge in [-0.2, -0.15) is 0 Å². The SMILES string of the molecule is COCC(C)(C)c1c(F)cc(NC(=O)C2NCCc3cc(OC)ccc32)cc1F. The van der Waals surface area contributed by atoms with Gasteiger partial charge in [-0.1, -0.05) is 19.9 Å². The minimum absolute atomic E-state index is 0.0643. The van der Waals surface area contributed by atoms with Crippen LogP contribution < -0.4 is 15.4 Å². The Morgan fingerprint density at radius 1 is 1.21 bits per heavy atom. The van der Waals surface area contributed by atoms with E-state index in [4.69, 9.17) is 9.47 Å². The number of hydrogen-bond donors (Lipinski definition) is 2. The first-order chi connectivity index (χ1) is 13.8. The molecule has 1 unspecified atom stereocenters. The Hall–Kier alpha value is -2.51. The van der Waals surface area contributed by atoms with Crippen LogP contribution in [-0.4, -0.2) is 33.3 Å². The van der Waals surface area contributed by atoms with E-state index < -0.39 is 23.1 Å². The van der Waals surface area contributed by atoms with E-state index in [1.54, 1.807) is 27.0 Å². The zero-order valence-electron chi connectivity index (χ0n) is 17.1. The molecule has 0 aromatic heterocycles. The van der Waals surface area contributed by atoms with Gasteiger partial charge in [-0.05, 0) is 41.8 Å². The zero-order valence-corrected chi connectivity index (χ0v) is 17.1. The van der Waals surface area contributed by atoms with Gasteiger partial charge in [0.05, 0.1) is 13.7 Å². The lowest BCUT2D eigenvalue weighted by molar-refractivity contribution is -0.118. The molecule has 0 saturated heterocycles. The maximum Gasteiger partial charge on any atom is 0.246 e. The molecular weight excluding hydrogens is 378 g/mol. The minimum Gasteiger partial charge on any atom is -0.497 e. The van der Waals surface area contributed by atoms with Gasteiger partial charge in [-0.25, -0.2) is 8.78 Å². The fourth-order valence-electron chi connectivity index (χ4n) is 3.84. The second-order valence-corrected chi connectivity index (χ2v) is 7.82. The molecule has 5 nitrogen and oxygen atoms in total. The van der Waals surface area contributed by atoms with Gasteiger partial charge < -0.3 is 20.1 Å². The number of carbonyl (C=O) groups is 1. The molecule has 29 heavy (non-hydrogen) atoms. The van der Waals surface area contributed by atoms with Crippen LogP contribution in [0, 0.1) is 11.6 Å². The van der Waals surface area contributed by atoms with Gasteiger partial charge in [0.25, 0.3) is 0 Å². The number of benzene rings is 2. The maximum atomic E-state index is 14.7. The average molecular weight is 404 g/mol. The van der Waals surface area contributed by atoms with Gasteiger partial charge in [0.15, 0.2) is 0 Å². The van der Waals surface area contributed by atoms with Gasteiger partial charge in [-0.15, -0.1) is 0 Å². The summed E-state index contributed by atoms with van der Waals surface area (Å²) >= 11 is 0. The molecule has 0 radical (unpaired) electrons. The number of ether oxygens (including phenoxy) is 2. The third kappa shape index (κ3) is 4.41. The fourth-order valence-corrected chi connectivity index (χ4v) is 3.84. The van der Waals surface area contributed by atoms with Crippen molar-refractivity contribution < 1.29 is 23.0 Å². The molecule has 1 aliphatic heterocycles. The normalized spacial score (nSPS) is 16.3. The van der Waals surface area contributed by atoms with Crippen LogP contribution in [0.25, 0.3) is 0 Å². The first kappa shape index (κ1) is 21.2. The largest absolute Gasteiger partial charge is 0.497 e. The third-order valence-corrected chi connectivity index (χ3v) is 5.16. The van der Waals surface area contributed by atoms with E-state index in [1.165, 1.54) is 7.11 Å². The maximum absolute atomic E-state index is 14.7. The van der Waals surface area contributed by atoms with Gasteiger partial charge in [-0.3, -0.25) is 4.79 Å². The summed E-state index contributed by atoms with van der Waals surface area (Å²) in [6.07, 6.45) is 0.767. The van der Waals surface area contributed by atoms with E-state index in [1.807, 2.05) is 12.1 Å². The number of methoxy groups -OCH3 is 2. The molecule has 2 aromatic rings. The highest BCUT2D eigenvalue weighted by Gasteiger charge is 2.30. The van der Waals surface area contributed by atoms with Crippen molar-refractivity contribution >= 4 is 11.6 Å². The molecule has 1 heterocycles. The van der Waals surface area contributed by atoms with Gasteiger partial charge in [0, 0.05) is 30.3 Å². The number of amides is 1. The summed E-state index contributed by atoms with van der Waals surface area (Å²) < 4.78 is 39.7. The Bertz CT molecular complexity index is 892. The first-order valence-electron chi connectivity index (χ1n) is 9.46. The predicted octanol–water partition coefficient (Wildman–Crippen LogP) is 3.72. The molecule has 1 amide bonds. The molecule has 156 valence electrons. The molecule has 0 aliphatic carbocycles. The van der Waals surface area contributed by atoms with E-state index in [9.17, 15) is 13.6 Å². The quantitative estimate of drug-likeness (QED) is 0.771. The summed E-state index contributed by atoms with van der Waals surface area (Å²) in [5, 5.41) is 5.79. The summed E-state index contributed by atoms with van der Waals surface area (Å²) in [7, 11) is 3.07. The van der Waals surface area contributed by atoms with Crippen molar-refractivity contribution in [1.29, 1.82) is 0 Å². The lowest BCUT2D eigenvalue weighted by Gasteiger charge is -2.27. The van der Waals surface area contributed by atoms with Crippen LogP contribution >= 0.6 is 0 Å². The Morgan fingerprint density at radius 2 is 1.90 bits per heavy atom. The smallest absolute Gasteiger partial charge is 0.246 e. The molecule has 2 aromatic carbocycles. The summed E-state index contributed by atoms with van der Waals surface area (Å²) in [6, 6.07) is 7.21. The van der Waals surface area contributed by atoms with Gasteiger partial charge in [0.2, 0.25) is 5.91 Å².